The Kier molecular flexibility index (Phi) is 4.70. The molecule has 2 rings (SSSR count). The Bertz CT molecular complexity index is 469. The van der Waals surface area contributed by atoms with Gasteiger partial charge in [-0.05, 0) is 49.9 Å². The largest absolute Gasteiger partial charge is 0.492 e. The minimum Gasteiger partial charge on any atom is -0.492 e. The third-order valence-corrected chi connectivity index (χ3v) is 4.27. The summed E-state index contributed by atoms with van der Waals surface area (Å²) in [6.45, 7) is 2.83. The predicted molar refractivity (Wildman–Crippen MR) is 82.6 cm³/mol. The lowest BCUT2D eigenvalue weighted by Gasteiger charge is -2.29. The molecule has 0 bridgehead atoms. The average molecular weight is 341 g/mol. The third-order valence-electron chi connectivity index (χ3n) is 3.74. The van der Waals surface area contributed by atoms with E-state index >= 15 is 0 Å². The Morgan fingerprint density at radius 3 is 2.60 bits per heavy atom. The molecular formula is C15H21BrN2O2. The van der Waals surface area contributed by atoms with Crippen LogP contribution in [0, 0.1) is 5.92 Å². The fourth-order valence-corrected chi connectivity index (χ4v) is 2.47. The van der Waals surface area contributed by atoms with E-state index in [-0.39, 0.29) is 5.91 Å². The fraction of sp³-hybridized carbons (Fsp3) is 0.533. The van der Waals surface area contributed by atoms with Crippen LogP contribution >= 0.6 is 15.9 Å². The molecule has 20 heavy (non-hydrogen) atoms. The Morgan fingerprint density at radius 2 is 2.05 bits per heavy atom. The average Bonchev–Trinajstić information content (AvgIpc) is 3.24. The van der Waals surface area contributed by atoms with Gasteiger partial charge in [0.25, 0.3) is 0 Å². The number of ether oxygens (including phenoxy) is 1. The van der Waals surface area contributed by atoms with Crippen molar-refractivity contribution in [2.75, 3.05) is 20.2 Å². The number of halogens is 1. The van der Waals surface area contributed by atoms with Crippen molar-refractivity contribution in [3.05, 3.63) is 28.7 Å². The minimum absolute atomic E-state index is 0.000550. The molecule has 0 heterocycles. The van der Waals surface area contributed by atoms with Crippen molar-refractivity contribution >= 4 is 21.8 Å². The first-order chi connectivity index (χ1) is 9.41. The van der Waals surface area contributed by atoms with Crippen LogP contribution in [0.1, 0.15) is 19.8 Å². The molecule has 0 radical (unpaired) electrons. The van der Waals surface area contributed by atoms with Crippen molar-refractivity contribution in [1.82, 2.24) is 4.90 Å². The van der Waals surface area contributed by atoms with Crippen LogP contribution in [0.4, 0.5) is 0 Å². The zero-order chi connectivity index (χ0) is 14.8. The Labute approximate surface area is 128 Å². The molecule has 0 spiro atoms. The molecule has 1 amide bonds. The summed E-state index contributed by atoms with van der Waals surface area (Å²) < 4.78 is 6.63. The maximum atomic E-state index is 12.3. The minimum atomic E-state index is -0.730. The molecule has 1 fully saturated rings. The monoisotopic (exact) mass is 340 g/mol. The molecule has 5 heteroatoms. The van der Waals surface area contributed by atoms with E-state index in [4.69, 9.17) is 10.5 Å². The van der Waals surface area contributed by atoms with Crippen LogP contribution in [0.25, 0.3) is 0 Å². The van der Waals surface area contributed by atoms with E-state index in [1.54, 1.807) is 11.9 Å². The van der Waals surface area contributed by atoms with Crippen molar-refractivity contribution in [3.63, 3.8) is 0 Å². The van der Waals surface area contributed by atoms with Crippen LogP contribution < -0.4 is 10.5 Å². The van der Waals surface area contributed by atoms with Gasteiger partial charge in [0.05, 0.1) is 12.1 Å². The molecular weight excluding hydrogens is 320 g/mol. The van der Waals surface area contributed by atoms with Crippen LogP contribution in [-0.4, -0.2) is 36.5 Å². The van der Waals surface area contributed by atoms with Crippen LogP contribution in [0.15, 0.2) is 28.7 Å². The molecule has 0 aliphatic heterocycles. The smallest absolute Gasteiger partial charge is 0.242 e. The number of hydrogen-bond acceptors (Lipinski definition) is 3. The lowest BCUT2D eigenvalue weighted by atomic mass is 9.95. The summed E-state index contributed by atoms with van der Waals surface area (Å²) in [5.41, 5.74) is 5.40. The molecule has 1 aliphatic rings. The SMILES string of the molecule is CN(CCOc1ccc(Br)cc1)C(=O)C(C)(N)C1CC1. The Hall–Kier alpha value is -1.07. The van der Waals surface area contributed by atoms with Crippen LogP contribution in [0.5, 0.6) is 5.75 Å². The van der Waals surface area contributed by atoms with E-state index in [0.29, 0.717) is 19.1 Å². The van der Waals surface area contributed by atoms with Gasteiger partial charge >= 0.3 is 0 Å². The number of likely N-dealkylation sites (N-methyl/N-ethyl adjacent to an activating group) is 1. The third kappa shape index (κ3) is 3.73. The van der Waals surface area contributed by atoms with Gasteiger partial charge in [-0.25, -0.2) is 0 Å². The first-order valence-corrected chi connectivity index (χ1v) is 7.63. The summed E-state index contributed by atoms with van der Waals surface area (Å²) >= 11 is 3.37. The molecule has 0 saturated heterocycles. The van der Waals surface area contributed by atoms with Crippen LogP contribution in [-0.2, 0) is 4.79 Å². The van der Waals surface area contributed by atoms with Gasteiger partial charge in [-0.2, -0.15) is 0 Å². The van der Waals surface area contributed by atoms with E-state index in [0.717, 1.165) is 23.1 Å². The van der Waals surface area contributed by atoms with Gasteiger partial charge in [-0.1, -0.05) is 15.9 Å². The summed E-state index contributed by atoms with van der Waals surface area (Å²) in [7, 11) is 1.78. The van der Waals surface area contributed by atoms with Gasteiger partial charge in [0.2, 0.25) is 5.91 Å². The van der Waals surface area contributed by atoms with Gasteiger partial charge in [0.1, 0.15) is 12.4 Å². The van der Waals surface area contributed by atoms with Gasteiger partial charge < -0.3 is 15.4 Å². The molecule has 1 saturated carbocycles. The highest BCUT2D eigenvalue weighted by Gasteiger charge is 2.45. The van der Waals surface area contributed by atoms with E-state index in [2.05, 4.69) is 15.9 Å². The molecule has 0 aromatic heterocycles. The number of nitrogens with zero attached hydrogens (tertiary/aromatic N) is 1. The van der Waals surface area contributed by atoms with E-state index in [1.807, 2.05) is 31.2 Å². The summed E-state index contributed by atoms with van der Waals surface area (Å²) in [5, 5.41) is 0. The lowest BCUT2D eigenvalue weighted by Crippen LogP contribution is -2.54. The second-order valence-corrected chi connectivity index (χ2v) is 6.50. The van der Waals surface area contributed by atoms with Gasteiger partial charge in [-0.15, -0.1) is 0 Å². The highest BCUT2D eigenvalue weighted by atomic mass is 79.9. The van der Waals surface area contributed by atoms with Crippen LogP contribution in [0.3, 0.4) is 0 Å². The molecule has 1 aromatic carbocycles. The second kappa shape index (κ2) is 6.14. The lowest BCUT2D eigenvalue weighted by molar-refractivity contribution is -0.136. The van der Waals surface area contributed by atoms with E-state index in [9.17, 15) is 4.79 Å². The Balaban J connectivity index is 1.78. The number of nitrogens with two attached hydrogens (primary N) is 1. The van der Waals surface area contributed by atoms with Crippen LogP contribution in [0.2, 0.25) is 0 Å². The summed E-state index contributed by atoms with van der Waals surface area (Å²) in [4.78, 5) is 13.9. The summed E-state index contributed by atoms with van der Waals surface area (Å²) in [5.74, 6) is 1.14. The molecule has 2 N–H and O–H groups in total. The summed E-state index contributed by atoms with van der Waals surface area (Å²) in [6.07, 6.45) is 2.12. The predicted octanol–water partition coefficient (Wildman–Crippen LogP) is 2.41. The molecule has 1 aromatic rings. The maximum absolute atomic E-state index is 12.3. The standard InChI is InChI=1S/C15H21BrN2O2/c1-15(17,11-3-4-11)14(19)18(2)9-10-20-13-7-5-12(16)6-8-13/h5-8,11H,3-4,9-10,17H2,1-2H3. The molecule has 1 unspecified atom stereocenters. The number of rotatable bonds is 6. The van der Waals surface area contributed by atoms with Gasteiger partial charge in [0.15, 0.2) is 0 Å². The quantitative estimate of drug-likeness (QED) is 0.865. The van der Waals surface area contributed by atoms with E-state index in [1.165, 1.54) is 0 Å². The van der Waals surface area contributed by atoms with Crippen molar-refractivity contribution in [1.29, 1.82) is 0 Å². The number of hydrogen-bond donors (Lipinski definition) is 1. The fourth-order valence-electron chi connectivity index (χ4n) is 2.20. The number of benzene rings is 1. The number of carbonyl (C=O) groups excluding carboxylic acids is 1. The van der Waals surface area contributed by atoms with Crippen molar-refractivity contribution < 1.29 is 9.53 Å². The topological polar surface area (TPSA) is 55.6 Å². The number of carbonyl (C=O) groups is 1. The highest BCUT2D eigenvalue weighted by Crippen LogP contribution is 2.38. The first-order valence-electron chi connectivity index (χ1n) is 6.84. The highest BCUT2D eigenvalue weighted by molar-refractivity contribution is 9.10. The molecule has 110 valence electrons. The van der Waals surface area contributed by atoms with Crippen molar-refractivity contribution in [2.24, 2.45) is 11.7 Å². The van der Waals surface area contributed by atoms with Crippen molar-refractivity contribution in [3.8, 4) is 5.75 Å². The zero-order valence-electron chi connectivity index (χ0n) is 11.9. The zero-order valence-corrected chi connectivity index (χ0v) is 13.5. The Morgan fingerprint density at radius 1 is 1.45 bits per heavy atom. The molecule has 1 atom stereocenters. The second-order valence-electron chi connectivity index (χ2n) is 5.59. The molecule has 4 nitrogen and oxygen atoms in total. The van der Waals surface area contributed by atoms with Crippen molar-refractivity contribution in [2.45, 2.75) is 25.3 Å². The van der Waals surface area contributed by atoms with Gasteiger partial charge in [0, 0.05) is 11.5 Å². The number of amides is 1. The summed E-state index contributed by atoms with van der Waals surface area (Å²) in [6, 6.07) is 7.63. The molecule has 1 aliphatic carbocycles. The van der Waals surface area contributed by atoms with Gasteiger partial charge in [-0.3, -0.25) is 4.79 Å². The normalized spacial score (nSPS) is 17.4. The first kappa shape index (κ1) is 15.3. The maximum Gasteiger partial charge on any atom is 0.242 e. The van der Waals surface area contributed by atoms with E-state index < -0.39 is 5.54 Å².